The molecule has 14 heavy (non-hydrogen) atoms. The molecule has 0 saturated carbocycles. The Kier molecular flexibility index (Phi) is 2.74. The number of nitrogens with one attached hydrogen (secondary N) is 1. The summed E-state index contributed by atoms with van der Waals surface area (Å²) < 4.78 is 1.21. The summed E-state index contributed by atoms with van der Waals surface area (Å²) in [4.78, 5) is 8.52. The van der Waals surface area contributed by atoms with E-state index in [0.29, 0.717) is 6.04 Å². The van der Waals surface area contributed by atoms with Crippen LogP contribution in [0.4, 0.5) is 0 Å². The van der Waals surface area contributed by atoms with E-state index >= 15 is 0 Å². The monoisotopic (exact) mass is 207 g/mol. The van der Waals surface area contributed by atoms with Gasteiger partial charge in [0.05, 0.1) is 16.4 Å². The van der Waals surface area contributed by atoms with Gasteiger partial charge in [-0.05, 0) is 6.07 Å². The lowest BCUT2D eigenvalue weighted by Gasteiger charge is -2.04. The fourth-order valence-electron chi connectivity index (χ4n) is 1.19. The molecule has 0 aliphatic heterocycles. The average Bonchev–Trinajstić information content (AvgIpc) is 2.57. The predicted octanol–water partition coefficient (Wildman–Crippen LogP) is 2.19. The number of nitrogens with zero attached hydrogens (tertiary/aromatic N) is 2. The first-order chi connectivity index (χ1) is 6.75. The normalized spacial score (nSPS) is 11.4. The van der Waals surface area contributed by atoms with E-state index in [0.717, 1.165) is 17.1 Å². The number of aromatic nitrogens is 2. The lowest BCUT2D eigenvalue weighted by atomic mass is 10.4. The highest BCUT2D eigenvalue weighted by Gasteiger charge is 2.03. The summed E-state index contributed by atoms with van der Waals surface area (Å²) >= 11 is 1.73. The summed E-state index contributed by atoms with van der Waals surface area (Å²) in [7, 11) is 0. The summed E-state index contributed by atoms with van der Waals surface area (Å²) in [5.74, 6) is 0. The molecule has 1 N–H and O–H groups in total. The van der Waals surface area contributed by atoms with Crippen molar-refractivity contribution in [2.75, 3.05) is 0 Å². The molecular formula is C10H13N3S. The van der Waals surface area contributed by atoms with Crippen LogP contribution in [0.1, 0.15) is 18.9 Å². The van der Waals surface area contributed by atoms with Crippen molar-refractivity contribution in [1.82, 2.24) is 15.3 Å². The van der Waals surface area contributed by atoms with Gasteiger partial charge in [0.1, 0.15) is 5.01 Å². The molecule has 2 rings (SSSR count). The zero-order chi connectivity index (χ0) is 9.97. The van der Waals surface area contributed by atoms with Gasteiger partial charge in [0.2, 0.25) is 0 Å². The van der Waals surface area contributed by atoms with Gasteiger partial charge in [-0.25, -0.2) is 4.98 Å². The molecule has 0 bridgehead atoms. The smallest absolute Gasteiger partial charge is 0.108 e. The quantitative estimate of drug-likeness (QED) is 0.838. The van der Waals surface area contributed by atoms with Crippen molar-refractivity contribution in [3.63, 3.8) is 0 Å². The third kappa shape index (κ3) is 2.08. The highest BCUT2D eigenvalue weighted by molar-refractivity contribution is 7.18. The fourth-order valence-corrected chi connectivity index (χ4v) is 2.08. The highest BCUT2D eigenvalue weighted by Crippen LogP contribution is 2.20. The molecular weight excluding hydrogens is 194 g/mol. The van der Waals surface area contributed by atoms with Crippen LogP contribution in [-0.2, 0) is 6.54 Å². The van der Waals surface area contributed by atoms with Crippen LogP contribution < -0.4 is 5.32 Å². The summed E-state index contributed by atoms with van der Waals surface area (Å²) in [5, 5.41) is 4.48. The van der Waals surface area contributed by atoms with Gasteiger partial charge >= 0.3 is 0 Å². The van der Waals surface area contributed by atoms with E-state index in [2.05, 4.69) is 29.1 Å². The summed E-state index contributed by atoms with van der Waals surface area (Å²) in [6.45, 7) is 5.11. The zero-order valence-electron chi connectivity index (χ0n) is 8.32. The van der Waals surface area contributed by atoms with Gasteiger partial charge in [0.25, 0.3) is 0 Å². The maximum absolute atomic E-state index is 4.48. The molecule has 2 heterocycles. The average molecular weight is 207 g/mol. The molecule has 0 aliphatic rings. The minimum atomic E-state index is 0.500. The van der Waals surface area contributed by atoms with Crippen molar-refractivity contribution in [2.24, 2.45) is 0 Å². The predicted molar refractivity (Wildman–Crippen MR) is 59.4 cm³/mol. The van der Waals surface area contributed by atoms with Gasteiger partial charge in [0.15, 0.2) is 0 Å². The van der Waals surface area contributed by atoms with Crippen LogP contribution in [0.5, 0.6) is 0 Å². The summed E-state index contributed by atoms with van der Waals surface area (Å²) in [6.07, 6.45) is 3.62. The largest absolute Gasteiger partial charge is 0.308 e. The fraction of sp³-hybridized carbons (Fsp3) is 0.400. The molecule has 2 aromatic heterocycles. The molecule has 74 valence electrons. The van der Waals surface area contributed by atoms with Crippen LogP contribution in [0, 0.1) is 0 Å². The third-order valence-corrected chi connectivity index (χ3v) is 2.93. The van der Waals surface area contributed by atoms with Crippen molar-refractivity contribution in [1.29, 1.82) is 0 Å². The topological polar surface area (TPSA) is 37.8 Å². The van der Waals surface area contributed by atoms with E-state index in [1.54, 1.807) is 17.5 Å². The Morgan fingerprint density at radius 1 is 1.50 bits per heavy atom. The van der Waals surface area contributed by atoms with E-state index in [9.17, 15) is 0 Å². The number of fused-ring (bicyclic) bond motifs is 1. The van der Waals surface area contributed by atoms with Crippen LogP contribution in [0.2, 0.25) is 0 Å². The Morgan fingerprint density at radius 2 is 2.36 bits per heavy atom. The second-order valence-electron chi connectivity index (χ2n) is 3.49. The molecule has 0 aliphatic carbocycles. The number of thiazole rings is 1. The number of pyridine rings is 1. The van der Waals surface area contributed by atoms with Gasteiger partial charge < -0.3 is 5.32 Å². The summed E-state index contributed by atoms with van der Waals surface area (Å²) in [6, 6.07) is 2.51. The summed E-state index contributed by atoms with van der Waals surface area (Å²) in [5.41, 5.74) is 0.998. The third-order valence-electron chi connectivity index (χ3n) is 1.90. The standard InChI is InChI=1S/C10H13N3S/c1-7(2)12-6-10-13-8-5-11-4-3-9(8)14-10/h3-5,7,12H,6H2,1-2H3. The Balaban J connectivity index is 2.19. The number of hydrogen-bond acceptors (Lipinski definition) is 4. The van der Waals surface area contributed by atoms with E-state index < -0.39 is 0 Å². The van der Waals surface area contributed by atoms with Crippen LogP contribution >= 0.6 is 11.3 Å². The molecule has 0 radical (unpaired) electrons. The number of hydrogen-bond donors (Lipinski definition) is 1. The Labute approximate surface area is 87.2 Å². The Morgan fingerprint density at radius 3 is 3.07 bits per heavy atom. The lowest BCUT2D eigenvalue weighted by Crippen LogP contribution is -2.21. The number of rotatable bonds is 3. The molecule has 0 unspecified atom stereocenters. The molecule has 3 nitrogen and oxygen atoms in total. The maximum Gasteiger partial charge on any atom is 0.108 e. The lowest BCUT2D eigenvalue weighted by molar-refractivity contribution is 0.588. The molecule has 0 saturated heterocycles. The second-order valence-corrected chi connectivity index (χ2v) is 4.60. The molecule has 0 fully saturated rings. The van der Waals surface area contributed by atoms with Gasteiger partial charge in [-0.3, -0.25) is 4.98 Å². The van der Waals surface area contributed by atoms with E-state index in [4.69, 9.17) is 0 Å². The Hall–Kier alpha value is -1.00. The second kappa shape index (κ2) is 4.02. The first-order valence-corrected chi connectivity index (χ1v) is 5.50. The molecule has 0 atom stereocenters. The zero-order valence-corrected chi connectivity index (χ0v) is 9.14. The van der Waals surface area contributed by atoms with E-state index in [1.807, 2.05) is 12.3 Å². The van der Waals surface area contributed by atoms with Gasteiger partial charge in [-0.1, -0.05) is 13.8 Å². The van der Waals surface area contributed by atoms with Crippen molar-refractivity contribution >= 4 is 21.6 Å². The van der Waals surface area contributed by atoms with Crippen molar-refractivity contribution in [3.05, 3.63) is 23.5 Å². The molecule has 0 spiro atoms. The minimum absolute atomic E-state index is 0.500. The van der Waals surface area contributed by atoms with Crippen LogP contribution in [0.25, 0.3) is 10.2 Å². The Bertz CT molecular complexity index is 389. The van der Waals surface area contributed by atoms with Gasteiger partial charge in [-0.2, -0.15) is 0 Å². The van der Waals surface area contributed by atoms with E-state index in [-0.39, 0.29) is 0 Å². The van der Waals surface area contributed by atoms with Crippen molar-refractivity contribution in [3.8, 4) is 0 Å². The molecule has 2 aromatic rings. The minimum Gasteiger partial charge on any atom is -0.308 e. The van der Waals surface area contributed by atoms with Gasteiger partial charge in [0, 0.05) is 18.8 Å². The van der Waals surface area contributed by atoms with Crippen molar-refractivity contribution in [2.45, 2.75) is 26.4 Å². The molecule has 0 aromatic carbocycles. The van der Waals surface area contributed by atoms with Crippen molar-refractivity contribution < 1.29 is 0 Å². The van der Waals surface area contributed by atoms with Crippen LogP contribution in [0.3, 0.4) is 0 Å². The first-order valence-electron chi connectivity index (χ1n) is 4.68. The molecule has 0 amide bonds. The van der Waals surface area contributed by atoms with Crippen LogP contribution in [-0.4, -0.2) is 16.0 Å². The van der Waals surface area contributed by atoms with Gasteiger partial charge in [-0.15, -0.1) is 11.3 Å². The SMILES string of the molecule is CC(C)NCc1nc2cnccc2s1. The molecule has 4 heteroatoms. The first kappa shape index (κ1) is 9.55. The van der Waals surface area contributed by atoms with E-state index in [1.165, 1.54) is 4.70 Å². The maximum atomic E-state index is 4.48. The highest BCUT2D eigenvalue weighted by atomic mass is 32.1. The van der Waals surface area contributed by atoms with Crippen LogP contribution in [0.15, 0.2) is 18.5 Å².